The summed E-state index contributed by atoms with van der Waals surface area (Å²) in [6.45, 7) is 1.78. The Bertz CT molecular complexity index is 1190. The molecule has 140 valence electrons. The standard InChI is InChI=1S/C18H12ClN5O4/c1-8-15-16(11(7-20)17(21)28-18(15)23-22-8)14-5-4-13(27-14)10-6-9(19)2-3-12(10)24(25)26/h2-6,16H,21H2,1H3,(H,22,23)/t16-/m0/s1. The van der Waals surface area contributed by atoms with Crippen LogP contribution < -0.4 is 10.5 Å². The van der Waals surface area contributed by atoms with Gasteiger partial charge in [0.05, 0.1) is 22.0 Å². The summed E-state index contributed by atoms with van der Waals surface area (Å²) in [5.41, 5.74) is 7.43. The number of fused-ring (bicyclic) bond motifs is 1. The number of hydrogen-bond donors (Lipinski definition) is 2. The van der Waals surface area contributed by atoms with Crippen LogP contribution in [0.25, 0.3) is 11.3 Å². The van der Waals surface area contributed by atoms with Crippen molar-refractivity contribution in [2.75, 3.05) is 0 Å². The first-order valence-electron chi connectivity index (χ1n) is 8.07. The van der Waals surface area contributed by atoms with E-state index in [-0.39, 0.29) is 34.3 Å². The van der Waals surface area contributed by atoms with Crippen molar-refractivity contribution in [2.45, 2.75) is 12.8 Å². The van der Waals surface area contributed by atoms with Crippen LogP contribution in [0.5, 0.6) is 5.88 Å². The molecule has 0 spiro atoms. The molecule has 4 rings (SSSR count). The summed E-state index contributed by atoms with van der Waals surface area (Å²) in [5.74, 6) is 0.149. The van der Waals surface area contributed by atoms with Crippen molar-refractivity contribution < 1.29 is 14.1 Å². The third-order valence-electron chi connectivity index (χ3n) is 4.46. The largest absolute Gasteiger partial charge is 0.460 e. The molecular weight excluding hydrogens is 386 g/mol. The number of nitrogens with zero attached hydrogens (tertiary/aromatic N) is 3. The Hall–Kier alpha value is -3.77. The number of benzene rings is 1. The average Bonchev–Trinajstić information content (AvgIpc) is 3.27. The van der Waals surface area contributed by atoms with E-state index in [1.807, 2.05) is 6.07 Å². The molecular formula is C18H12ClN5O4. The number of allylic oxidation sites excluding steroid dienone is 1. The van der Waals surface area contributed by atoms with Gasteiger partial charge in [-0.15, -0.1) is 5.10 Å². The molecule has 0 bridgehead atoms. The molecule has 1 aliphatic rings. The molecule has 0 saturated heterocycles. The number of aromatic nitrogens is 2. The van der Waals surface area contributed by atoms with Crippen LogP contribution >= 0.6 is 11.6 Å². The lowest BCUT2D eigenvalue weighted by Crippen LogP contribution is -2.20. The second kappa shape index (κ2) is 6.44. The highest BCUT2D eigenvalue weighted by atomic mass is 35.5. The predicted octanol–water partition coefficient (Wildman–Crippen LogP) is 3.76. The second-order valence-electron chi connectivity index (χ2n) is 6.11. The maximum absolute atomic E-state index is 11.4. The highest BCUT2D eigenvalue weighted by molar-refractivity contribution is 6.31. The zero-order valence-corrected chi connectivity index (χ0v) is 15.1. The molecule has 0 aliphatic carbocycles. The summed E-state index contributed by atoms with van der Waals surface area (Å²) in [6, 6.07) is 9.47. The fourth-order valence-corrected chi connectivity index (χ4v) is 3.37. The summed E-state index contributed by atoms with van der Waals surface area (Å²) in [5, 5.41) is 28.1. The average molecular weight is 398 g/mol. The van der Waals surface area contributed by atoms with Crippen molar-refractivity contribution in [3.05, 3.63) is 73.9 Å². The molecule has 1 aromatic carbocycles. The number of aryl methyl sites for hydroxylation is 1. The van der Waals surface area contributed by atoms with Crippen LogP contribution in [0.4, 0.5) is 5.69 Å². The van der Waals surface area contributed by atoms with Crippen molar-refractivity contribution >= 4 is 17.3 Å². The van der Waals surface area contributed by atoms with E-state index in [0.29, 0.717) is 22.0 Å². The topological polar surface area (TPSA) is 144 Å². The third kappa shape index (κ3) is 2.67. The van der Waals surface area contributed by atoms with E-state index < -0.39 is 10.8 Å². The van der Waals surface area contributed by atoms with Gasteiger partial charge < -0.3 is 14.9 Å². The van der Waals surface area contributed by atoms with Crippen LogP contribution in [0.15, 0.2) is 46.2 Å². The molecule has 2 aromatic heterocycles. The minimum Gasteiger partial charge on any atom is -0.460 e. The Morgan fingerprint density at radius 3 is 2.89 bits per heavy atom. The lowest BCUT2D eigenvalue weighted by molar-refractivity contribution is -0.384. The van der Waals surface area contributed by atoms with Gasteiger partial charge in [0.15, 0.2) is 0 Å². The first-order valence-corrected chi connectivity index (χ1v) is 8.45. The lowest BCUT2D eigenvalue weighted by atomic mass is 9.88. The van der Waals surface area contributed by atoms with Gasteiger partial charge >= 0.3 is 0 Å². The molecule has 0 unspecified atom stereocenters. The maximum Gasteiger partial charge on any atom is 0.280 e. The van der Waals surface area contributed by atoms with Crippen molar-refractivity contribution in [3.63, 3.8) is 0 Å². The third-order valence-corrected chi connectivity index (χ3v) is 4.70. The number of aromatic amines is 1. The first kappa shape index (κ1) is 17.6. The molecule has 3 aromatic rings. The number of hydrogen-bond acceptors (Lipinski definition) is 7. The first-order chi connectivity index (χ1) is 13.4. The zero-order chi connectivity index (χ0) is 20.0. The van der Waals surface area contributed by atoms with E-state index >= 15 is 0 Å². The number of halogens is 1. The molecule has 9 nitrogen and oxygen atoms in total. The number of H-pyrrole nitrogens is 1. The molecule has 3 heterocycles. The maximum atomic E-state index is 11.4. The highest BCUT2D eigenvalue weighted by Crippen LogP contribution is 2.44. The number of furan rings is 1. The number of nitriles is 1. The Morgan fingerprint density at radius 1 is 1.39 bits per heavy atom. The quantitative estimate of drug-likeness (QED) is 0.505. The van der Waals surface area contributed by atoms with Crippen molar-refractivity contribution in [1.82, 2.24) is 10.2 Å². The minimum absolute atomic E-state index is 0.0711. The Balaban J connectivity index is 1.87. The molecule has 0 amide bonds. The molecule has 10 heteroatoms. The van der Waals surface area contributed by atoms with E-state index in [2.05, 4.69) is 10.2 Å². The predicted molar refractivity (Wildman–Crippen MR) is 98.4 cm³/mol. The number of rotatable bonds is 3. The Kier molecular flexibility index (Phi) is 4.05. The SMILES string of the molecule is Cc1[nH]nc2c1[C@H](c1ccc(-c3cc(Cl)ccc3[N+](=O)[O-])o1)C(C#N)=C(N)O2. The van der Waals surface area contributed by atoms with Gasteiger partial charge in [-0.1, -0.05) is 11.6 Å². The van der Waals surface area contributed by atoms with Gasteiger partial charge in [-0.25, -0.2) is 0 Å². The Labute approximate surface area is 163 Å². The van der Waals surface area contributed by atoms with E-state index in [4.69, 9.17) is 26.5 Å². The molecule has 1 aliphatic heterocycles. The number of nitrogens with two attached hydrogens (primary N) is 1. The number of nitro benzene ring substituents is 1. The summed E-state index contributed by atoms with van der Waals surface area (Å²) in [4.78, 5) is 10.8. The zero-order valence-electron chi connectivity index (χ0n) is 14.4. The number of nitrogens with one attached hydrogen (secondary N) is 1. The highest BCUT2D eigenvalue weighted by Gasteiger charge is 2.36. The smallest absolute Gasteiger partial charge is 0.280 e. The normalized spacial score (nSPS) is 15.7. The van der Waals surface area contributed by atoms with Crippen LogP contribution in [0.1, 0.15) is 22.9 Å². The van der Waals surface area contributed by atoms with Crippen molar-refractivity contribution in [3.8, 4) is 23.3 Å². The van der Waals surface area contributed by atoms with Gasteiger partial charge in [0, 0.05) is 16.8 Å². The van der Waals surface area contributed by atoms with Gasteiger partial charge in [0.2, 0.25) is 11.8 Å². The number of ether oxygens (including phenoxy) is 1. The van der Waals surface area contributed by atoms with Gasteiger partial charge in [-0.05, 0) is 31.2 Å². The van der Waals surface area contributed by atoms with Gasteiger partial charge in [-0.3, -0.25) is 15.2 Å². The molecule has 0 saturated carbocycles. The van der Waals surface area contributed by atoms with Gasteiger partial charge in [0.25, 0.3) is 5.69 Å². The van der Waals surface area contributed by atoms with Crippen LogP contribution in [-0.2, 0) is 0 Å². The number of nitro groups is 1. The fraction of sp³-hybridized carbons (Fsp3) is 0.111. The molecule has 0 radical (unpaired) electrons. The lowest BCUT2D eigenvalue weighted by Gasteiger charge is -2.21. The molecule has 1 atom stereocenters. The summed E-state index contributed by atoms with van der Waals surface area (Å²) >= 11 is 6.00. The summed E-state index contributed by atoms with van der Waals surface area (Å²) < 4.78 is 11.3. The minimum atomic E-state index is -0.653. The summed E-state index contributed by atoms with van der Waals surface area (Å²) in [7, 11) is 0. The van der Waals surface area contributed by atoms with E-state index in [9.17, 15) is 15.4 Å². The van der Waals surface area contributed by atoms with Gasteiger partial charge in [-0.2, -0.15) is 5.26 Å². The fourth-order valence-electron chi connectivity index (χ4n) is 3.20. The van der Waals surface area contributed by atoms with Crippen LogP contribution in [-0.4, -0.2) is 15.1 Å². The van der Waals surface area contributed by atoms with Crippen LogP contribution in [0.3, 0.4) is 0 Å². The Morgan fingerprint density at radius 2 is 2.18 bits per heavy atom. The van der Waals surface area contributed by atoms with Crippen molar-refractivity contribution in [1.29, 1.82) is 5.26 Å². The molecule has 0 fully saturated rings. The van der Waals surface area contributed by atoms with Crippen LogP contribution in [0.2, 0.25) is 5.02 Å². The summed E-state index contributed by atoms with van der Waals surface area (Å²) in [6.07, 6.45) is 0. The monoisotopic (exact) mass is 397 g/mol. The van der Waals surface area contributed by atoms with Gasteiger partial charge in [0.1, 0.15) is 23.2 Å². The molecule has 28 heavy (non-hydrogen) atoms. The van der Waals surface area contributed by atoms with E-state index in [1.54, 1.807) is 19.1 Å². The van der Waals surface area contributed by atoms with E-state index in [0.717, 1.165) is 0 Å². The second-order valence-corrected chi connectivity index (χ2v) is 6.55. The van der Waals surface area contributed by atoms with E-state index in [1.165, 1.54) is 18.2 Å². The van der Waals surface area contributed by atoms with Crippen LogP contribution in [0, 0.1) is 28.4 Å². The molecule has 3 N–H and O–H groups in total. The van der Waals surface area contributed by atoms with Crippen molar-refractivity contribution in [2.24, 2.45) is 5.73 Å².